The van der Waals surface area contributed by atoms with Crippen molar-refractivity contribution in [2.75, 3.05) is 6.26 Å². The molecule has 1 heterocycles. The molecule has 0 saturated heterocycles. The Hall–Kier alpha value is -2.73. The zero-order valence-corrected chi connectivity index (χ0v) is 13.9. The van der Waals surface area contributed by atoms with E-state index >= 15 is 0 Å². The Morgan fingerprint density at radius 1 is 1.08 bits per heavy atom. The molecule has 0 unspecified atom stereocenters. The quantitative estimate of drug-likeness (QED) is 0.792. The number of carbonyl (C=O) groups excluding carboxylic acids is 1. The molecule has 0 aliphatic heterocycles. The van der Waals surface area contributed by atoms with Gasteiger partial charge in [0.05, 0.1) is 17.1 Å². The van der Waals surface area contributed by atoms with Crippen LogP contribution in [0.4, 0.5) is 0 Å². The summed E-state index contributed by atoms with van der Waals surface area (Å²) in [6.07, 6.45) is 2.82. The highest BCUT2D eigenvalue weighted by atomic mass is 32.2. The van der Waals surface area contributed by atoms with Gasteiger partial charge in [-0.25, -0.2) is 8.42 Å². The van der Waals surface area contributed by atoms with Crippen molar-refractivity contribution >= 4 is 26.5 Å². The van der Waals surface area contributed by atoms with Crippen molar-refractivity contribution in [3.8, 4) is 0 Å². The largest absolute Gasteiger partial charge is 0.346 e. The van der Waals surface area contributed by atoms with Gasteiger partial charge in [-0.1, -0.05) is 30.3 Å². The Labute approximate surface area is 140 Å². The van der Waals surface area contributed by atoms with Crippen molar-refractivity contribution in [3.05, 3.63) is 72.1 Å². The van der Waals surface area contributed by atoms with E-state index in [4.69, 9.17) is 0 Å². The molecule has 0 atom stereocenters. The minimum Gasteiger partial charge on any atom is -0.346 e. The summed E-state index contributed by atoms with van der Waals surface area (Å²) in [4.78, 5) is 16.7. The fourth-order valence-corrected chi connectivity index (χ4v) is 3.12. The van der Waals surface area contributed by atoms with Crippen LogP contribution in [0.15, 0.2) is 65.7 Å². The molecule has 6 heteroatoms. The summed E-state index contributed by atoms with van der Waals surface area (Å²) in [7, 11) is -3.35. The molecule has 1 amide bonds. The number of carbonyl (C=O) groups is 1. The van der Waals surface area contributed by atoms with Crippen LogP contribution in [0.1, 0.15) is 16.1 Å². The minimum atomic E-state index is -3.35. The van der Waals surface area contributed by atoms with Crippen LogP contribution in [-0.4, -0.2) is 25.6 Å². The summed E-state index contributed by atoms with van der Waals surface area (Å²) >= 11 is 0. The lowest BCUT2D eigenvalue weighted by Gasteiger charge is -2.08. The van der Waals surface area contributed by atoms with E-state index in [9.17, 15) is 13.2 Å². The maximum absolute atomic E-state index is 12.3. The summed E-state index contributed by atoms with van der Waals surface area (Å²) in [5, 5.41) is 4.82. The Balaban J connectivity index is 1.81. The predicted molar refractivity (Wildman–Crippen MR) is 92.5 cm³/mol. The Kier molecular flexibility index (Phi) is 4.31. The molecule has 2 aromatic carbocycles. The number of fused-ring (bicyclic) bond motifs is 1. The van der Waals surface area contributed by atoms with Gasteiger partial charge in [-0.3, -0.25) is 9.78 Å². The van der Waals surface area contributed by atoms with Crippen molar-refractivity contribution in [3.63, 3.8) is 0 Å². The second-order valence-electron chi connectivity index (χ2n) is 5.46. The van der Waals surface area contributed by atoms with E-state index in [0.29, 0.717) is 5.56 Å². The van der Waals surface area contributed by atoms with E-state index in [1.165, 1.54) is 12.1 Å². The molecule has 0 fully saturated rings. The molecular formula is C18H16N2O3S. The lowest BCUT2D eigenvalue weighted by Crippen LogP contribution is -2.23. The van der Waals surface area contributed by atoms with E-state index in [0.717, 1.165) is 22.7 Å². The Morgan fingerprint density at radius 3 is 2.67 bits per heavy atom. The summed E-state index contributed by atoms with van der Waals surface area (Å²) < 4.78 is 23.2. The summed E-state index contributed by atoms with van der Waals surface area (Å²) in [6, 6.07) is 15.7. The van der Waals surface area contributed by atoms with E-state index in [1.54, 1.807) is 18.3 Å². The molecule has 1 N–H and O–H groups in total. The second-order valence-corrected chi connectivity index (χ2v) is 7.48. The van der Waals surface area contributed by atoms with Crippen molar-refractivity contribution in [1.29, 1.82) is 0 Å². The summed E-state index contributed by atoms with van der Waals surface area (Å²) in [5.41, 5.74) is 1.07. The molecule has 24 heavy (non-hydrogen) atoms. The van der Waals surface area contributed by atoms with Gasteiger partial charge in [0.15, 0.2) is 9.84 Å². The maximum Gasteiger partial charge on any atom is 0.251 e. The third-order valence-corrected chi connectivity index (χ3v) is 4.81. The van der Waals surface area contributed by atoms with Gasteiger partial charge < -0.3 is 5.32 Å². The van der Waals surface area contributed by atoms with Gasteiger partial charge >= 0.3 is 0 Å². The lowest BCUT2D eigenvalue weighted by atomic mass is 10.1. The van der Waals surface area contributed by atoms with Gasteiger partial charge in [0.25, 0.3) is 5.91 Å². The topological polar surface area (TPSA) is 76.1 Å². The van der Waals surface area contributed by atoms with Crippen LogP contribution in [-0.2, 0) is 16.4 Å². The van der Waals surface area contributed by atoms with Crippen LogP contribution in [0, 0.1) is 0 Å². The van der Waals surface area contributed by atoms with Gasteiger partial charge in [-0.2, -0.15) is 0 Å². The normalized spacial score (nSPS) is 11.4. The van der Waals surface area contributed by atoms with Gasteiger partial charge in [-0.05, 0) is 29.7 Å². The summed E-state index contributed by atoms with van der Waals surface area (Å²) in [6.45, 7) is 0.267. The average Bonchev–Trinajstić information content (AvgIpc) is 2.59. The number of pyridine rings is 1. The first-order valence-corrected chi connectivity index (χ1v) is 9.25. The Bertz CT molecular complexity index is 1010. The fourth-order valence-electron chi connectivity index (χ4n) is 2.46. The van der Waals surface area contributed by atoms with Gasteiger partial charge in [0.2, 0.25) is 0 Å². The lowest BCUT2D eigenvalue weighted by molar-refractivity contribution is 0.0950. The molecule has 0 radical (unpaired) electrons. The van der Waals surface area contributed by atoms with Gasteiger partial charge in [0.1, 0.15) is 0 Å². The van der Waals surface area contributed by atoms with Gasteiger partial charge in [-0.15, -0.1) is 0 Å². The first-order valence-electron chi connectivity index (χ1n) is 7.36. The number of nitrogens with one attached hydrogen (secondary N) is 1. The number of hydrogen-bond acceptors (Lipinski definition) is 4. The molecular weight excluding hydrogens is 324 g/mol. The molecule has 5 nitrogen and oxygen atoms in total. The Morgan fingerprint density at radius 2 is 1.88 bits per heavy atom. The highest BCUT2D eigenvalue weighted by molar-refractivity contribution is 7.90. The first kappa shape index (κ1) is 16.1. The number of aromatic nitrogens is 1. The molecule has 0 saturated carbocycles. The SMILES string of the molecule is CS(=O)(=O)c1cccc(C(=O)NCc2nccc3ccccc23)c1. The zero-order chi connectivity index (χ0) is 17.2. The number of amides is 1. The van der Waals surface area contributed by atoms with E-state index in [2.05, 4.69) is 10.3 Å². The van der Waals surface area contributed by atoms with Crippen LogP contribution < -0.4 is 5.32 Å². The second kappa shape index (κ2) is 6.41. The van der Waals surface area contributed by atoms with Crippen LogP contribution in [0.2, 0.25) is 0 Å². The highest BCUT2D eigenvalue weighted by Crippen LogP contribution is 2.16. The zero-order valence-electron chi connectivity index (χ0n) is 13.1. The van der Waals surface area contributed by atoms with E-state index in [-0.39, 0.29) is 17.3 Å². The van der Waals surface area contributed by atoms with Gasteiger partial charge in [0, 0.05) is 23.4 Å². The molecule has 3 rings (SSSR count). The molecule has 0 aliphatic rings. The first-order chi connectivity index (χ1) is 11.4. The molecule has 0 spiro atoms. The van der Waals surface area contributed by atoms with Crippen molar-refractivity contribution < 1.29 is 13.2 Å². The smallest absolute Gasteiger partial charge is 0.251 e. The third kappa shape index (κ3) is 3.44. The maximum atomic E-state index is 12.3. The minimum absolute atomic E-state index is 0.124. The third-order valence-electron chi connectivity index (χ3n) is 3.70. The number of rotatable bonds is 4. The van der Waals surface area contributed by atoms with Crippen LogP contribution >= 0.6 is 0 Å². The number of nitrogens with zero attached hydrogens (tertiary/aromatic N) is 1. The van der Waals surface area contributed by atoms with Crippen molar-refractivity contribution in [1.82, 2.24) is 10.3 Å². The van der Waals surface area contributed by atoms with Crippen molar-refractivity contribution in [2.24, 2.45) is 0 Å². The fraction of sp³-hybridized carbons (Fsp3) is 0.111. The van der Waals surface area contributed by atoms with Crippen LogP contribution in [0.25, 0.3) is 10.8 Å². The average molecular weight is 340 g/mol. The van der Waals surface area contributed by atoms with Crippen molar-refractivity contribution in [2.45, 2.75) is 11.4 Å². The molecule has 1 aromatic heterocycles. The number of sulfone groups is 1. The highest BCUT2D eigenvalue weighted by Gasteiger charge is 2.12. The molecule has 0 aliphatic carbocycles. The number of benzene rings is 2. The van der Waals surface area contributed by atoms with Crippen LogP contribution in [0.3, 0.4) is 0 Å². The number of hydrogen-bond donors (Lipinski definition) is 1. The summed E-state index contributed by atoms with van der Waals surface area (Å²) in [5.74, 6) is -0.338. The monoisotopic (exact) mass is 340 g/mol. The molecule has 3 aromatic rings. The van der Waals surface area contributed by atoms with E-state index < -0.39 is 9.84 Å². The van der Waals surface area contributed by atoms with E-state index in [1.807, 2.05) is 30.3 Å². The predicted octanol–water partition coefficient (Wildman–Crippen LogP) is 2.57. The molecule has 0 bridgehead atoms. The standard InChI is InChI=1S/C18H16N2O3S/c1-24(22,23)15-7-4-6-14(11-15)18(21)20-12-17-16-8-3-2-5-13(16)9-10-19-17/h2-11H,12H2,1H3,(H,20,21). The van der Waals surface area contributed by atoms with Crippen LogP contribution in [0.5, 0.6) is 0 Å². The molecule has 122 valence electrons.